The highest BCUT2D eigenvalue weighted by atomic mass is 16.3. The van der Waals surface area contributed by atoms with E-state index >= 15 is 0 Å². The summed E-state index contributed by atoms with van der Waals surface area (Å²) in [5, 5.41) is 11.2. The molecule has 0 atom stereocenters. The zero-order valence-corrected chi connectivity index (χ0v) is 14.3. The Morgan fingerprint density at radius 3 is 2.18 bits per heavy atom. The molecular formula is C21H30O. The maximum atomic E-state index is 11.2. The van der Waals surface area contributed by atoms with Crippen LogP contribution in [0.2, 0.25) is 0 Å². The fourth-order valence-corrected chi connectivity index (χ4v) is 5.50. The first-order chi connectivity index (χ1) is 10.6. The normalized spacial score (nSPS) is 25.0. The number of fused-ring (bicyclic) bond motifs is 1. The minimum Gasteiger partial charge on any atom is -0.507 e. The van der Waals surface area contributed by atoms with Crippen LogP contribution in [0.15, 0.2) is 6.07 Å². The number of phenols is 1. The first-order valence-corrected chi connectivity index (χ1v) is 9.47. The molecule has 0 unspecified atom stereocenters. The van der Waals surface area contributed by atoms with E-state index in [0.717, 1.165) is 0 Å². The highest BCUT2D eigenvalue weighted by Crippen LogP contribution is 2.53. The van der Waals surface area contributed by atoms with Crippen molar-refractivity contribution in [1.82, 2.24) is 0 Å². The summed E-state index contributed by atoms with van der Waals surface area (Å²) in [6.07, 6.45) is 12.9. The lowest BCUT2D eigenvalue weighted by molar-refractivity contribution is 0.438. The van der Waals surface area contributed by atoms with Crippen molar-refractivity contribution in [2.75, 3.05) is 0 Å². The smallest absolute Gasteiger partial charge is 0.122 e. The average molecular weight is 298 g/mol. The summed E-state index contributed by atoms with van der Waals surface area (Å²) >= 11 is 0. The molecule has 1 nitrogen and oxygen atoms in total. The van der Waals surface area contributed by atoms with Crippen LogP contribution in [0.25, 0.3) is 0 Å². The molecule has 2 saturated carbocycles. The summed E-state index contributed by atoms with van der Waals surface area (Å²) in [6, 6.07) is 2.40. The molecule has 22 heavy (non-hydrogen) atoms. The zero-order chi connectivity index (χ0) is 15.3. The van der Waals surface area contributed by atoms with Crippen molar-refractivity contribution in [1.29, 1.82) is 0 Å². The lowest BCUT2D eigenvalue weighted by Gasteiger charge is -2.28. The van der Waals surface area contributed by atoms with Crippen LogP contribution >= 0.6 is 0 Å². The number of aromatic hydroxyl groups is 1. The topological polar surface area (TPSA) is 20.2 Å². The summed E-state index contributed by atoms with van der Waals surface area (Å²) in [7, 11) is 0. The molecule has 1 aromatic carbocycles. The molecular weight excluding hydrogens is 268 g/mol. The van der Waals surface area contributed by atoms with Gasteiger partial charge in [-0.05, 0) is 72.5 Å². The molecule has 3 aliphatic rings. The van der Waals surface area contributed by atoms with Gasteiger partial charge in [0.05, 0.1) is 0 Å². The summed E-state index contributed by atoms with van der Waals surface area (Å²) in [6.45, 7) is 4.76. The SMILES string of the molecule is CC1(C)CCc2cc(C3CCCC3)c(O)c(C3CCCC3)c21. The molecule has 120 valence electrons. The molecule has 3 aliphatic carbocycles. The van der Waals surface area contributed by atoms with E-state index < -0.39 is 0 Å². The molecule has 1 aromatic rings. The van der Waals surface area contributed by atoms with Gasteiger partial charge in [0.15, 0.2) is 0 Å². The van der Waals surface area contributed by atoms with Gasteiger partial charge in [-0.25, -0.2) is 0 Å². The van der Waals surface area contributed by atoms with Gasteiger partial charge in [0.25, 0.3) is 0 Å². The third kappa shape index (κ3) is 2.20. The number of aryl methyl sites for hydroxylation is 1. The van der Waals surface area contributed by atoms with E-state index in [-0.39, 0.29) is 5.41 Å². The molecule has 1 N–H and O–H groups in total. The Labute approximate surface area is 135 Å². The predicted octanol–water partition coefficient (Wildman–Crippen LogP) is 5.93. The van der Waals surface area contributed by atoms with E-state index in [1.807, 2.05) is 0 Å². The van der Waals surface area contributed by atoms with E-state index in [0.29, 0.717) is 17.6 Å². The van der Waals surface area contributed by atoms with Crippen LogP contribution in [0, 0.1) is 0 Å². The third-order valence-corrected chi connectivity index (χ3v) is 6.70. The molecule has 0 aromatic heterocycles. The van der Waals surface area contributed by atoms with Gasteiger partial charge in [0.2, 0.25) is 0 Å². The van der Waals surface area contributed by atoms with Gasteiger partial charge in [-0.15, -0.1) is 0 Å². The second-order valence-electron chi connectivity index (χ2n) is 8.61. The molecule has 0 amide bonds. The van der Waals surface area contributed by atoms with Gasteiger partial charge >= 0.3 is 0 Å². The monoisotopic (exact) mass is 298 g/mol. The Kier molecular flexibility index (Phi) is 3.51. The van der Waals surface area contributed by atoms with Crippen LogP contribution in [0.4, 0.5) is 0 Å². The minimum absolute atomic E-state index is 0.249. The maximum Gasteiger partial charge on any atom is 0.122 e. The number of benzene rings is 1. The van der Waals surface area contributed by atoms with Gasteiger partial charge in [-0.1, -0.05) is 45.6 Å². The van der Waals surface area contributed by atoms with E-state index in [1.165, 1.54) is 80.9 Å². The van der Waals surface area contributed by atoms with E-state index in [2.05, 4.69) is 19.9 Å². The standard InChI is InChI=1S/C21H30O/c1-21(2)12-11-16-13-17(14-7-3-4-8-14)20(22)18(19(16)21)15-9-5-6-10-15/h13-15,22H,3-12H2,1-2H3. The lowest BCUT2D eigenvalue weighted by atomic mass is 9.77. The Hall–Kier alpha value is -0.980. The van der Waals surface area contributed by atoms with E-state index in [1.54, 1.807) is 5.56 Å². The van der Waals surface area contributed by atoms with Gasteiger partial charge < -0.3 is 5.11 Å². The van der Waals surface area contributed by atoms with Crippen LogP contribution in [-0.4, -0.2) is 5.11 Å². The number of rotatable bonds is 2. The highest BCUT2D eigenvalue weighted by molar-refractivity contribution is 5.57. The van der Waals surface area contributed by atoms with Crippen molar-refractivity contribution in [3.8, 4) is 5.75 Å². The van der Waals surface area contributed by atoms with Gasteiger partial charge in [0.1, 0.15) is 5.75 Å². The molecule has 2 fully saturated rings. The van der Waals surface area contributed by atoms with Crippen molar-refractivity contribution in [2.24, 2.45) is 0 Å². The van der Waals surface area contributed by atoms with Crippen molar-refractivity contribution < 1.29 is 5.11 Å². The van der Waals surface area contributed by atoms with Gasteiger partial charge in [-0.3, -0.25) is 0 Å². The third-order valence-electron chi connectivity index (χ3n) is 6.70. The summed E-state index contributed by atoms with van der Waals surface area (Å²) in [5.74, 6) is 1.94. The minimum atomic E-state index is 0.249. The zero-order valence-electron chi connectivity index (χ0n) is 14.3. The van der Waals surface area contributed by atoms with E-state index in [4.69, 9.17) is 0 Å². The molecule has 0 saturated heterocycles. The molecule has 0 bridgehead atoms. The number of hydrogen-bond donors (Lipinski definition) is 1. The number of phenolic OH excluding ortho intramolecular Hbond substituents is 1. The van der Waals surface area contributed by atoms with Crippen molar-refractivity contribution in [2.45, 2.75) is 95.3 Å². The van der Waals surface area contributed by atoms with Crippen LogP contribution in [0.5, 0.6) is 5.75 Å². The van der Waals surface area contributed by atoms with Crippen molar-refractivity contribution in [3.05, 3.63) is 28.3 Å². The summed E-state index contributed by atoms with van der Waals surface area (Å²) < 4.78 is 0. The largest absolute Gasteiger partial charge is 0.507 e. The molecule has 1 heteroatoms. The lowest BCUT2D eigenvalue weighted by Crippen LogP contribution is -2.17. The first-order valence-electron chi connectivity index (χ1n) is 9.47. The van der Waals surface area contributed by atoms with Crippen molar-refractivity contribution >= 4 is 0 Å². The van der Waals surface area contributed by atoms with Gasteiger partial charge in [0, 0.05) is 5.56 Å². The molecule has 0 heterocycles. The molecule has 0 spiro atoms. The average Bonchev–Trinajstić information content (AvgIpc) is 3.21. The second kappa shape index (κ2) is 5.28. The molecule has 4 rings (SSSR count). The summed E-state index contributed by atoms with van der Waals surface area (Å²) in [4.78, 5) is 0. The predicted molar refractivity (Wildman–Crippen MR) is 91.9 cm³/mol. The van der Waals surface area contributed by atoms with Crippen LogP contribution in [0.3, 0.4) is 0 Å². The second-order valence-corrected chi connectivity index (χ2v) is 8.61. The summed E-state index contributed by atoms with van der Waals surface area (Å²) in [5.41, 5.74) is 6.01. The molecule has 0 radical (unpaired) electrons. The first kappa shape index (κ1) is 14.6. The Balaban J connectivity index is 1.88. The van der Waals surface area contributed by atoms with Crippen LogP contribution in [0.1, 0.15) is 106 Å². The van der Waals surface area contributed by atoms with Crippen molar-refractivity contribution in [3.63, 3.8) is 0 Å². The maximum absolute atomic E-state index is 11.2. The Morgan fingerprint density at radius 1 is 0.955 bits per heavy atom. The van der Waals surface area contributed by atoms with E-state index in [9.17, 15) is 5.11 Å². The van der Waals surface area contributed by atoms with Crippen LogP contribution in [-0.2, 0) is 11.8 Å². The fraction of sp³-hybridized carbons (Fsp3) is 0.714. The highest BCUT2D eigenvalue weighted by Gasteiger charge is 2.38. The quantitative estimate of drug-likeness (QED) is 0.717. The Morgan fingerprint density at radius 2 is 1.55 bits per heavy atom. The fourth-order valence-electron chi connectivity index (χ4n) is 5.50. The Bertz CT molecular complexity index is 572. The number of hydrogen-bond acceptors (Lipinski definition) is 1. The van der Waals surface area contributed by atoms with Gasteiger partial charge in [-0.2, -0.15) is 0 Å². The molecule has 0 aliphatic heterocycles. The van der Waals surface area contributed by atoms with Crippen LogP contribution < -0.4 is 0 Å².